The number of hydrogen-bond donors (Lipinski definition) is 0. The maximum atomic E-state index is 12.9. The number of ether oxygens (including phenoxy) is 3. The van der Waals surface area contributed by atoms with Gasteiger partial charge in [0.25, 0.3) is 0 Å². The van der Waals surface area contributed by atoms with Gasteiger partial charge in [-0.05, 0) is 89.9 Å². The predicted octanol–water partition coefficient (Wildman–Crippen LogP) is 20.5. The molecule has 0 aromatic carbocycles. The maximum Gasteiger partial charge on any atom is 0.306 e. The lowest BCUT2D eigenvalue weighted by molar-refractivity contribution is -0.167. The summed E-state index contributed by atoms with van der Waals surface area (Å²) in [4.78, 5) is 38.2. The van der Waals surface area contributed by atoms with Crippen LogP contribution in [-0.4, -0.2) is 37.2 Å². The van der Waals surface area contributed by atoms with Gasteiger partial charge in [0.05, 0.1) is 0 Å². The van der Waals surface area contributed by atoms with Crippen molar-refractivity contribution in [3.8, 4) is 0 Å². The SMILES string of the molecule is CC/C=C\C/C=C\C/C=C\C/C=C\C/C=C\CCCCCC(=O)OC[C@@H](COC(=O)CCCCCCC/C=C\CCCCCCCC)OC(=O)CCCCCCCCCCCCCCCCCCCCC. The molecule has 1 atom stereocenters. The van der Waals surface area contributed by atoms with Crippen LogP contribution < -0.4 is 0 Å². The molecule has 0 aliphatic carbocycles. The van der Waals surface area contributed by atoms with Crippen molar-refractivity contribution in [2.24, 2.45) is 0 Å². The Balaban J connectivity index is 4.42. The van der Waals surface area contributed by atoms with E-state index in [2.05, 4.69) is 93.7 Å². The second kappa shape index (κ2) is 59.4. The molecule has 0 spiro atoms. The Kier molecular flexibility index (Phi) is 56.8. The normalized spacial score (nSPS) is 12.5. The van der Waals surface area contributed by atoms with E-state index in [1.807, 2.05) is 0 Å². The van der Waals surface area contributed by atoms with Gasteiger partial charge in [0, 0.05) is 19.3 Å². The number of allylic oxidation sites excluding steroid dienone is 12. The monoisotopic (exact) mass is 991 g/mol. The summed E-state index contributed by atoms with van der Waals surface area (Å²) in [5.41, 5.74) is 0. The molecule has 6 heteroatoms. The molecular weight excluding hydrogens is 877 g/mol. The van der Waals surface area contributed by atoms with E-state index in [0.717, 1.165) is 103 Å². The zero-order chi connectivity index (χ0) is 51.4. The summed E-state index contributed by atoms with van der Waals surface area (Å²) in [6.07, 6.45) is 76.1. The van der Waals surface area contributed by atoms with Crippen LogP contribution in [0.25, 0.3) is 0 Å². The second-order valence-electron chi connectivity index (χ2n) is 20.2. The summed E-state index contributed by atoms with van der Waals surface area (Å²) in [5, 5.41) is 0. The van der Waals surface area contributed by atoms with Crippen LogP contribution in [0, 0.1) is 0 Å². The molecule has 6 nitrogen and oxygen atoms in total. The van der Waals surface area contributed by atoms with Crippen LogP contribution in [-0.2, 0) is 28.6 Å². The lowest BCUT2D eigenvalue weighted by atomic mass is 10.0. The third kappa shape index (κ3) is 57.6. The van der Waals surface area contributed by atoms with Gasteiger partial charge in [-0.2, -0.15) is 0 Å². The molecule has 0 saturated carbocycles. The van der Waals surface area contributed by atoms with Crippen LogP contribution in [0.3, 0.4) is 0 Å². The minimum absolute atomic E-state index is 0.0879. The smallest absolute Gasteiger partial charge is 0.306 e. The van der Waals surface area contributed by atoms with Gasteiger partial charge in [-0.1, -0.05) is 267 Å². The first kappa shape index (κ1) is 67.8. The number of carbonyl (C=O) groups excluding carboxylic acids is 3. The van der Waals surface area contributed by atoms with Gasteiger partial charge in [-0.15, -0.1) is 0 Å². The Morgan fingerprint density at radius 3 is 0.887 bits per heavy atom. The number of esters is 3. The standard InChI is InChI=1S/C65H114O6/c1-4-7-10-13-16-19-22-25-28-30-32-34-37-40-43-46-49-52-55-58-64(67)70-61-62(60-69-63(66)57-54-51-48-45-42-39-36-27-24-21-18-15-12-9-6-3)71-65(68)59-56-53-50-47-44-41-38-35-33-31-29-26-23-20-17-14-11-8-5-2/h7,10,16,19,25,27-28,32,34,36,40,43,62H,4-6,8-9,11-15,17-18,20-24,26,29-31,33,35,37-39,41-42,44-61H2,1-3H3/b10-7-,19-16-,28-25-,34-32-,36-27-,43-40-/t62-/m1/s1. The average Bonchev–Trinajstić information content (AvgIpc) is 3.37. The highest BCUT2D eigenvalue weighted by atomic mass is 16.6. The average molecular weight is 992 g/mol. The molecule has 0 aliphatic heterocycles. The highest BCUT2D eigenvalue weighted by Gasteiger charge is 2.19. The van der Waals surface area contributed by atoms with Gasteiger partial charge >= 0.3 is 17.9 Å². The number of rotatable bonds is 55. The van der Waals surface area contributed by atoms with Gasteiger partial charge in [-0.3, -0.25) is 14.4 Å². The molecule has 0 bridgehead atoms. The van der Waals surface area contributed by atoms with Crippen molar-refractivity contribution >= 4 is 17.9 Å². The molecule has 0 rings (SSSR count). The van der Waals surface area contributed by atoms with Crippen LogP contribution in [0.1, 0.15) is 303 Å². The summed E-state index contributed by atoms with van der Waals surface area (Å²) in [7, 11) is 0. The third-order valence-electron chi connectivity index (χ3n) is 13.2. The zero-order valence-electron chi connectivity index (χ0n) is 47.0. The fourth-order valence-electron chi connectivity index (χ4n) is 8.64. The topological polar surface area (TPSA) is 78.9 Å². The fourth-order valence-corrected chi connectivity index (χ4v) is 8.64. The molecule has 0 radical (unpaired) electrons. The van der Waals surface area contributed by atoms with Crippen molar-refractivity contribution in [2.45, 2.75) is 309 Å². The third-order valence-corrected chi connectivity index (χ3v) is 13.2. The Morgan fingerprint density at radius 2 is 0.549 bits per heavy atom. The summed E-state index contributed by atoms with van der Waals surface area (Å²) in [6, 6.07) is 0. The van der Waals surface area contributed by atoms with Crippen molar-refractivity contribution in [1.82, 2.24) is 0 Å². The van der Waals surface area contributed by atoms with Crippen molar-refractivity contribution in [2.75, 3.05) is 13.2 Å². The van der Waals surface area contributed by atoms with E-state index >= 15 is 0 Å². The van der Waals surface area contributed by atoms with E-state index in [1.54, 1.807) is 0 Å². The lowest BCUT2D eigenvalue weighted by Crippen LogP contribution is -2.30. The Hall–Kier alpha value is -3.15. The van der Waals surface area contributed by atoms with Crippen LogP contribution in [0.2, 0.25) is 0 Å². The first-order chi connectivity index (χ1) is 35.0. The van der Waals surface area contributed by atoms with Crippen LogP contribution in [0.15, 0.2) is 72.9 Å². The fraction of sp³-hybridized carbons (Fsp3) is 0.769. The van der Waals surface area contributed by atoms with Crippen molar-refractivity contribution in [1.29, 1.82) is 0 Å². The summed E-state index contributed by atoms with van der Waals surface area (Å²) < 4.78 is 16.9. The minimum atomic E-state index is -0.792. The van der Waals surface area contributed by atoms with Gasteiger partial charge in [0.15, 0.2) is 6.10 Å². The summed E-state index contributed by atoms with van der Waals surface area (Å²) in [5.74, 6) is -0.915. The number of hydrogen-bond acceptors (Lipinski definition) is 6. The zero-order valence-corrected chi connectivity index (χ0v) is 47.0. The first-order valence-electron chi connectivity index (χ1n) is 30.4. The van der Waals surface area contributed by atoms with Gasteiger partial charge in [-0.25, -0.2) is 0 Å². The number of carbonyl (C=O) groups is 3. The van der Waals surface area contributed by atoms with Crippen LogP contribution in [0.4, 0.5) is 0 Å². The molecule has 0 saturated heterocycles. The quantitative estimate of drug-likeness (QED) is 0.0261. The predicted molar refractivity (Wildman–Crippen MR) is 307 cm³/mol. The Morgan fingerprint density at radius 1 is 0.296 bits per heavy atom. The van der Waals surface area contributed by atoms with Crippen LogP contribution >= 0.6 is 0 Å². The highest BCUT2D eigenvalue weighted by molar-refractivity contribution is 5.71. The Labute approximate surface area is 440 Å². The lowest BCUT2D eigenvalue weighted by Gasteiger charge is -2.18. The van der Waals surface area contributed by atoms with Crippen LogP contribution in [0.5, 0.6) is 0 Å². The van der Waals surface area contributed by atoms with E-state index in [9.17, 15) is 14.4 Å². The van der Waals surface area contributed by atoms with Crippen molar-refractivity contribution in [3.63, 3.8) is 0 Å². The number of unbranched alkanes of at least 4 members (excludes halogenated alkanes) is 32. The van der Waals surface area contributed by atoms with Gasteiger partial charge in [0.1, 0.15) is 13.2 Å². The van der Waals surface area contributed by atoms with Gasteiger partial charge < -0.3 is 14.2 Å². The molecule has 0 heterocycles. The molecule has 0 fully saturated rings. The largest absolute Gasteiger partial charge is 0.462 e. The van der Waals surface area contributed by atoms with E-state index in [4.69, 9.17) is 14.2 Å². The molecule has 0 aromatic rings. The first-order valence-corrected chi connectivity index (χ1v) is 30.4. The molecule has 0 aliphatic rings. The highest BCUT2D eigenvalue weighted by Crippen LogP contribution is 2.16. The summed E-state index contributed by atoms with van der Waals surface area (Å²) >= 11 is 0. The second-order valence-corrected chi connectivity index (χ2v) is 20.2. The Bertz CT molecular complexity index is 1320. The molecule has 0 N–H and O–H groups in total. The van der Waals surface area contributed by atoms with E-state index in [-0.39, 0.29) is 31.1 Å². The molecule has 0 amide bonds. The summed E-state index contributed by atoms with van der Waals surface area (Å²) in [6.45, 7) is 6.52. The maximum absolute atomic E-state index is 12.9. The minimum Gasteiger partial charge on any atom is -0.462 e. The van der Waals surface area contributed by atoms with Crippen molar-refractivity contribution in [3.05, 3.63) is 72.9 Å². The van der Waals surface area contributed by atoms with Crippen molar-refractivity contribution < 1.29 is 28.6 Å². The van der Waals surface area contributed by atoms with Gasteiger partial charge in [0.2, 0.25) is 0 Å². The van der Waals surface area contributed by atoms with E-state index in [0.29, 0.717) is 19.3 Å². The van der Waals surface area contributed by atoms with E-state index < -0.39 is 6.10 Å². The van der Waals surface area contributed by atoms with E-state index in [1.165, 1.54) is 161 Å². The molecule has 0 unspecified atom stereocenters. The molecule has 71 heavy (non-hydrogen) atoms. The molecule has 410 valence electrons. The molecule has 0 aromatic heterocycles. The molecular formula is C65H114O6.